The van der Waals surface area contributed by atoms with Gasteiger partial charge in [-0.1, -0.05) is 35.9 Å². The molecular formula is C25H28N4O4. The molecule has 0 saturated carbocycles. The standard InChI is InChI=1S/C25H28N4O4/c1-17-3-5-19(6-4-17)21-14-22(20-7-8-23-24(13-20)33-16-32-23)29(26-21)25(31)15-27-9-11-28(12-10-27)18(2)30/h3-8,13,22H,9-12,14-16H2,1-2H3. The highest BCUT2D eigenvalue weighted by Gasteiger charge is 2.35. The Morgan fingerprint density at radius 2 is 1.73 bits per heavy atom. The number of ether oxygens (including phenoxy) is 2. The number of amides is 2. The maximum atomic E-state index is 13.4. The number of hydrogen-bond donors (Lipinski definition) is 0. The normalized spacial score (nSPS) is 20.2. The van der Waals surface area contributed by atoms with E-state index < -0.39 is 0 Å². The minimum absolute atomic E-state index is 0.0453. The zero-order valence-electron chi connectivity index (χ0n) is 19.0. The second-order valence-electron chi connectivity index (χ2n) is 8.77. The predicted molar refractivity (Wildman–Crippen MR) is 123 cm³/mol. The van der Waals surface area contributed by atoms with Crippen molar-refractivity contribution in [1.82, 2.24) is 14.8 Å². The summed E-state index contributed by atoms with van der Waals surface area (Å²) in [6, 6.07) is 13.9. The number of hydrogen-bond acceptors (Lipinski definition) is 6. The van der Waals surface area contributed by atoms with E-state index in [9.17, 15) is 9.59 Å². The molecule has 0 radical (unpaired) electrons. The third kappa shape index (κ3) is 4.43. The Labute approximate surface area is 193 Å². The van der Waals surface area contributed by atoms with Crippen LogP contribution < -0.4 is 9.47 Å². The Morgan fingerprint density at radius 1 is 1.00 bits per heavy atom. The molecule has 1 atom stereocenters. The van der Waals surface area contributed by atoms with Crippen LogP contribution in [0.2, 0.25) is 0 Å². The molecule has 5 rings (SSSR count). The molecule has 3 aliphatic rings. The average Bonchev–Trinajstić information content (AvgIpc) is 3.47. The van der Waals surface area contributed by atoms with E-state index >= 15 is 0 Å². The Balaban J connectivity index is 1.37. The van der Waals surface area contributed by atoms with E-state index in [0.29, 0.717) is 38.3 Å². The van der Waals surface area contributed by atoms with Crippen LogP contribution in [0.3, 0.4) is 0 Å². The maximum absolute atomic E-state index is 13.4. The molecule has 3 aliphatic heterocycles. The Hall–Kier alpha value is -3.39. The number of carbonyl (C=O) groups excluding carboxylic acids is 2. The van der Waals surface area contributed by atoms with Crippen molar-refractivity contribution in [2.45, 2.75) is 26.3 Å². The van der Waals surface area contributed by atoms with E-state index in [1.54, 1.807) is 11.9 Å². The second-order valence-corrected chi connectivity index (χ2v) is 8.77. The third-order valence-corrected chi connectivity index (χ3v) is 6.51. The third-order valence-electron chi connectivity index (χ3n) is 6.51. The Kier molecular flexibility index (Phi) is 5.76. The van der Waals surface area contributed by atoms with E-state index in [0.717, 1.165) is 22.6 Å². The SMILES string of the molecule is CC(=O)N1CCN(CC(=O)N2N=C(c3ccc(C)cc3)CC2c2ccc3c(c2)OCO3)CC1. The van der Waals surface area contributed by atoms with Crippen molar-refractivity contribution in [3.05, 3.63) is 59.2 Å². The number of nitrogens with zero attached hydrogens (tertiary/aromatic N) is 4. The molecule has 3 heterocycles. The summed E-state index contributed by atoms with van der Waals surface area (Å²) in [5, 5.41) is 6.41. The van der Waals surface area contributed by atoms with Crippen molar-refractivity contribution < 1.29 is 19.1 Å². The lowest BCUT2D eigenvalue weighted by Crippen LogP contribution is -2.50. The topological polar surface area (TPSA) is 74.7 Å². The Morgan fingerprint density at radius 3 is 2.45 bits per heavy atom. The number of benzene rings is 2. The van der Waals surface area contributed by atoms with Crippen LogP contribution in [0, 0.1) is 6.92 Å². The zero-order valence-corrected chi connectivity index (χ0v) is 19.0. The van der Waals surface area contributed by atoms with Gasteiger partial charge in [0.25, 0.3) is 5.91 Å². The van der Waals surface area contributed by atoms with Crippen molar-refractivity contribution in [3.8, 4) is 11.5 Å². The molecule has 0 aromatic heterocycles. The van der Waals surface area contributed by atoms with Gasteiger partial charge in [-0.15, -0.1) is 0 Å². The molecule has 1 saturated heterocycles. The van der Waals surface area contributed by atoms with Crippen LogP contribution >= 0.6 is 0 Å². The van der Waals surface area contributed by atoms with Crippen LogP contribution in [0.25, 0.3) is 0 Å². The molecule has 8 nitrogen and oxygen atoms in total. The first kappa shape index (κ1) is 21.5. The van der Waals surface area contributed by atoms with Crippen LogP contribution in [0.1, 0.15) is 36.1 Å². The van der Waals surface area contributed by atoms with E-state index in [1.165, 1.54) is 5.56 Å². The number of fused-ring (bicyclic) bond motifs is 1. The van der Waals surface area contributed by atoms with Gasteiger partial charge in [0.15, 0.2) is 11.5 Å². The monoisotopic (exact) mass is 448 g/mol. The van der Waals surface area contributed by atoms with Gasteiger partial charge in [-0.05, 0) is 30.2 Å². The lowest BCUT2D eigenvalue weighted by molar-refractivity contribution is -0.135. The highest BCUT2D eigenvalue weighted by Crippen LogP contribution is 2.39. The molecule has 1 fully saturated rings. The molecule has 2 amide bonds. The number of aryl methyl sites for hydroxylation is 1. The summed E-state index contributed by atoms with van der Waals surface area (Å²) in [6.07, 6.45) is 0.632. The molecule has 0 aliphatic carbocycles. The van der Waals surface area contributed by atoms with Gasteiger partial charge in [0.05, 0.1) is 18.3 Å². The van der Waals surface area contributed by atoms with Gasteiger partial charge in [0.1, 0.15) is 0 Å². The van der Waals surface area contributed by atoms with Crippen LogP contribution in [-0.2, 0) is 9.59 Å². The molecule has 2 aromatic rings. The first-order valence-electron chi connectivity index (χ1n) is 11.3. The minimum Gasteiger partial charge on any atom is -0.454 e. The Bertz CT molecular complexity index is 1090. The second kappa shape index (κ2) is 8.86. The summed E-state index contributed by atoms with van der Waals surface area (Å²) >= 11 is 0. The van der Waals surface area contributed by atoms with Crippen LogP contribution in [0.5, 0.6) is 11.5 Å². The summed E-state index contributed by atoms with van der Waals surface area (Å²) in [4.78, 5) is 28.9. The highest BCUT2D eigenvalue weighted by molar-refractivity contribution is 6.03. The van der Waals surface area contributed by atoms with E-state index in [2.05, 4.69) is 36.1 Å². The number of carbonyl (C=O) groups is 2. The van der Waals surface area contributed by atoms with Crippen molar-refractivity contribution in [2.75, 3.05) is 39.5 Å². The smallest absolute Gasteiger partial charge is 0.257 e. The van der Waals surface area contributed by atoms with Gasteiger partial charge in [-0.25, -0.2) is 5.01 Å². The molecule has 1 unspecified atom stereocenters. The van der Waals surface area contributed by atoms with Gasteiger partial charge in [-0.3, -0.25) is 14.5 Å². The predicted octanol–water partition coefficient (Wildman–Crippen LogP) is 2.57. The van der Waals surface area contributed by atoms with E-state index in [4.69, 9.17) is 14.6 Å². The quantitative estimate of drug-likeness (QED) is 0.719. The van der Waals surface area contributed by atoms with Gasteiger partial charge in [-0.2, -0.15) is 5.10 Å². The van der Waals surface area contributed by atoms with Crippen molar-refractivity contribution >= 4 is 17.5 Å². The van der Waals surface area contributed by atoms with Crippen LogP contribution in [0.4, 0.5) is 0 Å². The van der Waals surface area contributed by atoms with Gasteiger partial charge < -0.3 is 14.4 Å². The fraction of sp³-hybridized carbons (Fsp3) is 0.400. The molecule has 0 N–H and O–H groups in total. The number of piperazine rings is 1. The maximum Gasteiger partial charge on any atom is 0.257 e. The van der Waals surface area contributed by atoms with E-state index in [-0.39, 0.29) is 31.2 Å². The molecule has 172 valence electrons. The average molecular weight is 449 g/mol. The first-order chi connectivity index (χ1) is 16.0. The number of rotatable bonds is 4. The van der Waals surface area contributed by atoms with Crippen molar-refractivity contribution in [3.63, 3.8) is 0 Å². The molecule has 8 heteroatoms. The van der Waals surface area contributed by atoms with Gasteiger partial charge in [0.2, 0.25) is 12.7 Å². The number of hydrazone groups is 1. The molecule has 33 heavy (non-hydrogen) atoms. The first-order valence-corrected chi connectivity index (χ1v) is 11.3. The van der Waals surface area contributed by atoms with Crippen LogP contribution in [-0.4, -0.2) is 71.9 Å². The van der Waals surface area contributed by atoms with Crippen LogP contribution in [0.15, 0.2) is 47.6 Å². The fourth-order valence-electron chi connectivity index (χ4n) is 4.53. The highest BCUT2D eigenvalue weighted by atomic mass is 16.7. The molecular weight excluding hydrogens is 420 g/mol. The largest absolute Gasteiger partial charge is 0.454 e. The van der Waals surface area contributed by atoms with Crippen molar-refractivity contribution in [1.29, 1.82) is 0 Å². The lowest BCUT2D eigenvalue weighted by atomic mass is 9.97. The minimum atomic E-state index is -0.207. The van der Waals surface area contributed by atoms with Crippen molar-refractivity contribution in [2.24, 2.45) is 5.10 Å². The van der Waals surface area contributed by atoms with E-state index in [1.807, 2.05) is 23.1 Å². The summed E-state index contributed by atoms with van der Waals surface area (Å²) in [5.74, 6) is 1.45. The fourth-order valence-corrected chi connectivity index (χ4v) is 4.53. The van der Waals surface area contributed by atoms with Gasteiger partial charge in [0, 0.05) is 39.5 Å². The molecule has 0 bridgehead atoms. The molecule has 2 aromatic carbocycles. The summed E-state index contributed by atoms with van der Waals surface area (Å²) in [5.41, 5.74) is 4.08. The van der Waals surface area contributed by atoms with Gasteiger partial charge >= 0.3 is 0 Å². The zero-order chi connectivity index (χ0) is 22.9. The summed E-state index contributed by atoms with van der Waals surface area (Å²) < 4.78 is 11.0. The summed E-state index contributed by atoms with van der Waals surface area (Å²) in [7, 11) is 0. The lowest BCUT2D eigenvalue weighted by Gasteiger charge is -2.34. The molecule has 0 spiro atoms. The summed E-state index contributed by atoms with van der Waals surface area (Å²) in [6.45, 7) is 6.78.